The average molecular weight is 246 g/mol. The highest BCUT2D eigenvalue weighted by molar-refractivity contribution is 7.89. The summed E-state index contributed by atoms with van der Waals surface area (Å²) in [5.41, 5.74) is 5.60. The van der Waals surface area contributed by atoms with Gasteiger partial charge in [0.2, 0.25) is 10.0 Å². The first-order valence-electron chi connectivity index (χ1n) is 4.86. The van der Waals surface area contributed by atoms with Crippen LogP contribution in [0.4, 0.5) is 4.39 Å². The van der Waals surface area contributed by atoms with Crippen LogP contribution in [0.3, 0.4) is 0 Å². The molecule has 0 fully saturated rings. The normalized spacial score (nSPS) is 13.8. The van der Waals surface area contributed by atoms with E-state index in [-0.39, 0.29) is 11.4 Å². The monoisotopic (exact) mass is 246 g/mol. The first-order chi connectivity index (χ1) is 7.38. The van der Waals surface area contributed by atoms with Gasteiger partial charge in [-0.2, -0.15) is 0 Å². The maximum Gasteiger partial charge on any atom is 0.243 e. The number of sulfonamides is 1. The standard InChI is InChI=1S/C10H15FN2O2S/c1-7-4-3-5-9(10(7)11)16(14,15)13-8(2)6-12/h3-5,8,13H,6,12H2,1-2H3/t8-/m0/s1. The quantitative estimate of drug-likeness (QED) is 0.823. The number of aryl methyl sites for hydroxylation is 1. The van der Waals surface area contributed by atoms with E-state index in [0.29, 0.717) is 5.56 Å². The highest BCUT2D eigenvalue weighted by Crippen LogP contribution is 2.17. The van der Waals surface area contributed by atoms with Crippen molar-refractivity contribution in [2.75, 3.05) is 6.54 Å². The van der Waals surface area contributed by atoms with Crippen LogP contribution in [0.1, 0.15) is 12.5 Å². The third-order valence-corrected chi connectivity index (χ3v) is 3.76. The van der Waals surface area contributed by atoms with Gasteiger partial charge in [0.1, 0.15) is 10.7 Å². The fourth-order valence-electron chi connectivity index (χ4n) is 1.20. The summed E-state index contributed by atoms with van der Waals surface area (Å²) in [7, 11) is -3.83. The molecule has 4 nitrogen and oxygen atoms in total. The van der Waals surface area contributed by atoms with E-state index in [0.717, 1.165) is 0 Å². The van der Waals surface area contributed by atoms with Crippen molar-refractivity contribution in [2.24, 2.45) is 5.73 Å². The molecule has 16 heavy (non-hydrogen) atoms. The van der Waals surface area contributed by atoms with Gasteiger partial charge >= 0.3 is 0 Å². The maximum absolute atomic E-state index is 13.6. The molecule has 0 aliphatic heterocycles. The molecule has 1 aromatic carbocycles. The third kappa shape index (κ3) is 2.78. The van der Waals surface area contributed by atoms with Crippen molar-refractivity contribution in [3.63, 3.8) is 0 Å². The predicted octanol–water partition coefficient (Wildman–Crippen LogP) is 0.760. The van der Waals surface area contributed by atoms with Crippen molar-refractivity contribution in [1.82, 2.24) is 4.72 Å². The van der Waals surface area contributed by atoms with Crippen LogP contribution in [-0.4, -0.2) is 21.0 Å². The predicted molar refractivity (Wildman–Crippen MR) is 60.0 cm³/mol. The van der Waals surface area contributed by atoms with Crippen LogP contribution in [0, 0.1) is 12.7 Å². The Morgan fingerprint density at radius 2 is 2.12 bits per heavy atom. The smallest absolute Gasteiger partial charge is 0.243 e. The van der Waals surface area contributed by atoms with Crippen molar-refractivity contribution in [3.8, 4) is 0 Å². The molecule has 1 atom stereocenters. The second-order valence-corrected chi connectivity index (χ2v) is 5.33. The van der Waals surface area contributed by atoms with E-state index in [1.54, 1.807) is 6.92 Å². The Kier molecular flexibility index (Phi) is 4.01. The van der Waals surface area contributed by atoms with E-state index in [1.165, 1.54) is 25.1 Å². The Morgan fingerprint density at radius 1 is 1.50 bits per heavy atom. The van der Waals surface area contributed by atoms with E-state index >= 15 is 0 Å². The molecule has 0 saturated heterocycles. The van der Waals surface area contributed by atoms with Crippen LogP contribution in [0.5, 0.6) is 0 Å². The van der Waals surface area contributed by atoms with Crippen LogP contribution >= 0.6 is 0 Å². The van der Waals surface area contributed by atoms with Gasteiger partial charge in [-0.05, 0) is 25.5 Å². The van der Waals surface area contributed by atoms with Gasteiger partial charge in [0.15, 0.2) is 0 Å². The first kappa shape index (κ1) is 13.1. The molecular formula is C10H15FN2O2S. The number of benzene rings is 1. The molecule has 0 heterocycles. The summed E-state index contributed by atoms with van der Waals surface area (Å²) >= 11 is 0. The number of nitrogens with two attached hydrogens (primary N) is 1. The minimum Gasteiger partial charge on any atom is -0.329 e. The molecule has 0 spiro atoms. The van der Waals surface area contributed by atoms with Gasteiger partial charge in [-0.3, -0.25) is 0 Å². The lowest BCUT2D eigenvalue weighted by Crippen LogP contribution is -2.38. The second-order valence-electron chi connectivity index (χ2n) is 3.65. The van der Waals surface area contributed by atoms with Crippen LogP contribution in [-0.2, 0) is 10.0 Å². The van der Waals surface area contributed by atoms with E-state index in [9.17, 15) is 12.8 Å². The number of hydrogen-bond acceptors (Lipinski definition) is 3. The highest BCUT2D eigenvalue weighted by Gasteiger charge is 2.21. The molecule has 0 unspecified atom stereocenters. The minimum atomic E-state index is -3.83. The van der Waals surface area contributed by atoms with E-state index < -0.39 is 21.9 Å². The van der Waals surface area contributed by atoms with Gasteiger partial charge in [0.05, 0.1) is 0 Å². The van der Waals surface area contributed by atoms with Gasteiger partial charge in [-0.15, -0.1) is 0 Å². The first-order valence-corrected chi connectivity index (χ1v) is 6.34. The Bertz CT molecular complexity index is 474. The van der Waals surface area contributed by atoms with Gasteiger partial charge < -0.3 is 5.73 Å². The van der Waals surface area contributed by atoms with Crippen LogP contribution in [0.25, 0.3) is 0 Å². The number of nitrogens with one attached hydrogen (secondary N) is 1. The number of hydrogen-bond donors (Lipinski definition) is 2. The third-order valence-electron chi connectivity index (χ3n) is 2.16. The molecule has 1 aromatic rings. The highest BCUT2D eigenvalue weighted by atomic mass is 32.2. The van der Waals surface area contributed by atoms with Gasteiger partial charge in [0, 0.05) is 12.6 Å². The molecule has 0 aromatic heterocycles. The van der Waals surface area contributed by atoms with Gasteiger partial charge in [-0.25, -0.2) is 17.5 Å². The molecule has 0 amide bonds. The lowest BCUT2D eigenvalue weighted by Gasteiger charge is -2.13. The lowest BCUT2D eigenvalue weighted by molar-refractivity contribution is 0.541. The second kappa shape index (κ2) is 4.90. The summed E-state index contributed by atoms with van der Waals surface area (Å²) in [6.07, 6.45) is 0. The average Bonchev–Trinajstić information content (AvgIpc) is 2.21. The lowest BCUT2D eigenvalue weighted by atomic mass is 10.2. The van der Waals surface area contributed by atoms with Crippen molar-refractivity contribution >= 4 is 10.0 Å². The maximum atomic E-state index is 13.6. The number of halogens is 1. The fourth-order valence-corrected chi connectivity index (χ4v) is 2.61. The molecule has 90 valence electrons. The molecule has 0 radical (unpaired) electrons. The molecule has 0 bridgehead atoms. The van der Waals surface area contributed by atoms with Crippen LogP contribution in [0.15, 0.2) is 23.1 Å². The van der Waals surface area contributed by atoms with Crippen molar-refractivity contribution in [1.29, 1.82) is 0 Å². The number of rotatable bonds is 4. The summed E-state index contributed by atoms with van der Waals surface area (Å²) in [5.74, 6) is -0.723. The zero-order chi connectivity index (χ0) is 12.3. The molecular weight excluding hydrogens is 231 g/mol. The molecule has 1 rings (SSSR count). The summed E-state index contributed by atoms with van der Waals surface area (Å²) in [4.78, 5) is -0.340. The molecule has 3 N–H and O–H groups in total. The van der Waals surface area contributed by atoms with E-state index in [4.69, 9.17) is 5.73 Å². The Morgan fingerprint density at radius 3 is 2.69 bits per heavy atom. The van der Waals surface area contributed by atoms with Crippen LogP contribution in [0.2, 0.25) is 0 Å². The fraction of sp³-hybridized carbons (Fsp3) is 0.400. The SMILES string of the molecule is Cc1cccc(S(=O)(=O)N[C@@H](C)CN)c1F. The largest absolute Gasteiger partial charge is 0.329 e. The molecule has 0 aliphatic carbocycles. The van der Waals surface area contributed by atoms with Gasteiger partial charge in [-0.1, -0.05) is 12.1 Å². The Labute approximate surface area is 94.7 Å². The van der Waals surface area contributed by atoms with Crippen LogP contribution < -0.4 is 10.5 Å². The van der Waals surface area contributed by atoms with Crippen molar-refractivity contribution in [3.05, 3.63) is 29.6 Å². The van der Waals surface area contributed by atoms with E-state index in [1.807, 2.05) is 0 Å². The summed E-state index contributed by atoms with van der Waals surface area (Å²) < 4.78 is 39.4. The summed E-state index contributed by atoms with van der Waals surface area (Å²) in [5, 5.41) is 0. The molecule has 0 saturated carbocycles. The molecule has 0 aliphatic rings. The van der Waals surface area contributed by atoms with E-state index in [2.05, 4.69) is 4.72 Å². The Balaban J connectivity index is 3.13. The summed E-state index contributed by atoms with van der Waals surface area (Å²) in [6.45, 7) is 3.29. The minimum absolute atomic E-state index is 0.159. The van der Waals surface area contributed by atoms with Gasteiger partial charge in [0.25, 0.3) is 0 Å². The zero-order valence-corrected chi connectivity index (χ0v) is 10.0. The zero-order valence-electron chi connectivity index (χ0n) is 9.20. The van der Waals surface area contributed by atoms with Crippen molar-refractivity contribution < 1.29 is 12.8 Å². The van der Waals surface area contributed by atoms with Crippen molar-refractivity contribution in [2.45, 2.75) is 24.8 Å². The Hall–Kier alpha value is -0.980. The summed E-state index contributed by atoms with van der Waals surface area (Å²) in [6, 6.07) is 3.82. The topological polar surface area (TPSA) is 72.2 Å². The molecule has 6 heteroatoms.